The van der Waals surface area contributed by atoms with Crippen LogP contribution in [0.5, 0.6) is 0 Å². The molecular weight excluding hydrogens is 457 g/mol. The summed E-state index contributed by atoms with van der Waals surface area (Å²) in [6, 6.07) is 11.1. The molecule has 2 aromatic heterocycles. The highest BCUT2D eigenvalue weighted by atomic mass is 19.4. The van der Waals surface area contributed by atoms with Crippen molar-refractivity contribution in [2.75, 3.05) is 19.7 Å². The number of halogens is 3. The fourth-order valence-corrected chi connectivity index (χ4v) is 4.27. The zero-order valence-corrected chi connectivity index (χ0v) is 19.4. The zero-order chi connectivity index (χ0) is 24.7. The molecule has 0 aliphatic carbocycles. The number of fused-ring (bicyclic) bond motifs is 1. The molecule has 0 radical (unpaired) electrons. The molecule has 1 saturated heterocycles. The van der Waals surface area contributed by atoms with Gasteiger partial charge in [-0.1, -0.05) is 23.4 Å². The minimum Gasteiger partial charge on any atom is -0.396 e. The average Bonchev–Trinajstić information content (AvgIpc) is 3.26. The number of carbonyl (C=O) groups excluding carboxylic acids is 1. The number of alkyl halides is 3. The molecule has 0 unspecified atom stereocenters. The smallest absolute Gasteiger partial charge is 0.389 e. The Hall–Kier alpha value is -3.20. The Balaban J connectivity index is 1.36. The van der Waals surface area contributed by atoms with Gasteiger partial charge < -0.3 is 10.2 Å². The molecule has 0 spiro atoms. The SMILES string of the molecule is O=C(CCC(F)(F)F)Cc1cccc(-c2cnc3cc(/C=N\OCCC4CCNCC4)ccn23)c1. The number of carbonyl (C=O) groups is 1. The molecule has 4 rings (SSSR count). The monoisotopic (exact) mass is 486 g/mol. The van der Waals surface area contributed by atoms with E-state index in [1.807, 2.05) is 34.9 Å². The highest BCUT2D eigenvalue weighted by Crippen LogP contribution is 2.24. The Bertz CT molecular complexity index is 1170. The topological polar surface area (TPSA) is 68.0 Å². The summed E-state index contributed by atoms with van der Waals surface area (Å²) in [5.74, 6) is 0.266. The van der Waals surface area contributed by atoms with E-state index in [4.69, 9.17) is 4.84 Å². The molecule has 1 aliphatic heterocycles. The first-order chi connectivity index (χ1) is 16.9. The van der Waals surface area contributed by atoms with Gasteiger partial charge in [0, 0.05) is 30.2 Å². The van der Waals surface area contributed by atoms with Gasteiger partial charge in [-0.2, -0.15) is 13.2 Å². The Labute approximate surface area is 202 Å². The van der Waals surface area contributed by atoms with Crippen LogP contribution in [0.2, 0.25) is 0 Å². The van der Waals surface area contributed by atoms with Crippen molar-refractivity contribution in [1.82, 2.24) is 14.7 Å². The van der Waals surface area contributed by atoms with Crippen LogP contribution >= 0.6 is 0 Å². The first kappa shape index (κ1) is 24.9. The number of ketones is 1. The van der Waals surface area contributed by atoms with Crippen molar-refractivity contribution in [3.63, 3.8) is 0 Å². The molecule has 1 aromatic carbocycles. The van der Waals surface area contributed by atoms with Crippen LogP contribution in [-0.4, -0.2) is 47.3 Å². The maximum atomic E-state index is 12.4. The third kappa shape index (κ3) is 7.39. The molecule has 3 heterocycles. The van der Waals surface area contributed by atoms with E-state index in [-0.39, 0.29) is 6.42 Å². The fourth-order valence-electron chi connectivity index (χ4n) is 4.27. The number of pyridine rings is 1. The highest BCUT2D eigenvalue weighted by Gasteiger charge is 2.27. The summed E-state index contributed by atoms with van der Waals surface area (Å²) in [6.07, 6.45) is 2.72. The molecule has 186 valence electrons. The van der Waals surface area contributed by atoms with Crippen LogP contribution < -0.4 is 5.32 Å². The van der Waals surface area contributed by atoms with Crippen molar-refractivity contribution in [1.29, 1.82) is 0 Å². The number of benzene rings is 1. The molecule has 0 amide bonds. The van der Waals surface area contributed by atoms with Crippen molar-refractivity contribution in [3.8, 4) is 11.3 Å². The molecule has 0 saturated carbocycles. The number of imidazole rings is 1. The van der Waals surface area contributed by atoms with Crippen LogP contribution in [0.3, 0.4) is 0 Å². The third-order valence-electron chi connectivity index (χ3n) is 6.20. The van der Waals surface area contributed by atoms with Gasteiger partial charge in [0.05, 0.1) is 24.5 Å². The Morgan fingerprint density at radius 3 is 2.86 bits per heavy atom. The van der Waals surface area contributed by atoms with E-state index in [2.05, 4.69) is 15.5 Å². The summed E-state index contributed by atoms with van der Waals surface area (Å²) in [6.45, 7) is 2.75. The number of hydrogen-bond acceptors (Lipinski definition) is 5. The van der Waals surface area contributed by atoms with Gasteiger partial charge in [-0.05, 0) is 62.0 Å². The van der Waals surface area contributed by atoms with Crippen LogP contribution in [0.15, 0.2) is 53.9 Å². The molecule has 1 N–H and O–H groups in total. The van der Waals surface area contributed by atoms with Gasteiger partial charge in [-0.15, -0.1) is 0 Å². The maximum Gasteiger partial charge on any atom is 0.389 e. The Morgan fingerprint density at radius 1 is 1.23 bits per heavy atom. The van der Waals surface area contributed by atoms with Crippen LogP contribution in [-0.2, 0) is 16.1 Å². The number of piperidine rings is 1. The van der Waals surface area contributed by atoms with E-state index in [1.54, 1.807) is 24.5 Å². The second-order valence-corrected chi connectivity index (χ2v) is 8.91. The summed E-state index contributed by atoms with van der Waals surface area (Å²) in [7, 11) is 0. The van der Waals surface area contributed by atoms with Crippen molar-refractivity contribution in [2.45, 2.75) is 44.7 Å². The van der Waals surface area contributed by atoms with Gasteiger partial charge in [0.2, 0.25) is 0 Å². The number of nitrogens with zero attached hydrogens (tertiary/aromatic N) is 3. The van der Waals surface area contributed by atoms with Gasteiger partial charge in [-0.25, -0.2) is 4.98 Å². The lowest BCUT2D eigenvalue weighted by atomic mass is 9.95. The number of nitrogens with one attached hydrogen (secondary N) is 1. The van der Waals surface area contributed by atoms with Gasteiger partial charge in [0.15, 0.2) is 0 Å². The molecule has 0 bridgehead atoms. The molecule has 1 fully saturated rings. The van der Waals surface area contributed by atoms with Crippen LogP contribution in [0, 0.1) is 5.92 Å². The lowest BCUT2D eigenvalue weighted by Crippen LogP contribution is -2.28. The highest BCUT2D eigenvalue weighted by molar-refractivity contribution is 5.82. The van der Waals surface area contributed by atoms with E-state index in [1.165, 1.54) is 12.8 Å². The number of rotatable bonds is 10. The van der Waals surface area contributed by atoms with Crippen molar-refractivity contribution < 1.29 is 22.8 Å². The zero-order valence-electron chi connectivity index (χ0n) is 19.4. The lowest BCUT2D eigenvalue weighted by Gasteiger charge is -2.21. The summed E-state index contributed by atoms with van der Waals surface area (Å²) < 4.78 is 39.0. The van der Waals surface area contributed by atoms with Gasteiger partial charge in [0.1, 0.15) is 18.0 Å². The predicted molar refractivity (Wildman–Crippen MR) is 128 cm³/mol. The van der Waals surface area contributed by atoms with Crippen LogP contribution in [0.25, 0.3) is 16.9 Å². The second kappa shape index (κ2) is 11.5. The maximum absolute atomic E-state index is 12.4. The van der Waals surface area contributed by atoms with Crippen LogP contribution in [0.1, 0.15) is 43.2 Å². The molecule has 1 aliphatic rings. The summed E-state index contributed by atoms with van der Waals surface area (Å²) in [5.41, 5.74) is 3.92. The minimum absolute atomic E-state index is 0.0289. The summed E-state index contributed by atoms with van der Waals surface area (Å²) in [4.78, 5) is 21.9. The van der Waals surface area contributed by atoms with E-state index >= 15 is 0 Å². The van der Waals surface area contributed by atoms with Gasteiger partial charge in [-0.3, -0.25) is 9.20 Å². The largest absolute Gasteiger partial charge is 0.396 e. The van der Waals surface area contributed by atoms with E-state index in [9.17, 15) is 18.0 Å². The predicted octanol–water partition coefficient (Wildman–Crippen LogP) is 5.20. The van der Waals surface area contributed by atoms with E-state index < -0.39 is 24.8 Å². The normalized spacial score (nSPS) is 15.2. The molecule has 35 heavy (non-hydrogen) atoms. The van der Waals surface area contributed by atoms with Crippen molar-refractivity contribution in [2.24, 2.45) is 11.1 Å². The number of aromatic nitrogens is 2. The third-order valence-corrected chi connectivity index (χ3v) is 6.20. The average molecular weight is 487 g/mol. The number of Topliss-reactive ketones (excluding diaryl/α,β-unsaturated/α-hetero) is 1. The van der Waals surface area contributed by atoms with Crippen molar-refractivity contribution >= 4 is 17.6 Å². The molecule has 9 heteroatoms. The molecule has 6 nitrogen and oxygen atoms in total. The summed E-state index contributed by atoms with van der Waals surface area (Å²) >= 11 is 0. The quantitative estimate of drug-likeness (QED) is 0.243. The molecule has 0 atom stereocenters. The molecular formula is C26H29F3N4O2. The van der Waals surface area contributed by atoms with Crippen molar-refractivity contribution in [3.05, 3.63) is 59.9 Å². The van der Waals surface area contributed by atoms with E-state index in [0.717, 1.165) is 42.0 Å². The lowest BCUT2D eigenvalue weighted by molar-refractivity contribution is -0.143. The van der Waals surface area contributed by atoms with Gasteiger partial charge in [0.25, 0.3) is 0 Å². The number of oxime groups is 1. The Morgan fingerprint density at radius 2 is 2.06 bits per heavy atom. The first-order valence-corrected chi connectivity index (χ1v) is 11.9. The van der Waals surface area contributed by atoms with Gasteiger partial charge >= 0.3 is 6.18 Å². The minimum atomic E-state index is -4.32. The standard InChI is InChI=1S/C26H29F3N4O2/c27-26(28,29)9-4-23(34)15-20-2-1-3-22(14-20)24-18-31-25-16-21(7-12-33(24)25)17-32-35-13-8-19-5-10-30-11-6-19/h1-3,7,12,14,16-19,30H,4-6,8-11,13,15H2/b32-17-. The Kier molecular flexibility index (Phi) is 8.17. The first-order valence-electron chi connectivity index (χ1n) is 11.9. The summed E-state index contributed by atoms with van der Waals surface area (Å²) in [5, 5.41) is 7.44. The second-order valence-electron chi connectivity index (χ2n) is 8.91. The van der Waals surface area contributed by atoms with Crippen LogP contribution in [0.4, 0.5) is 13.2 Å². The van der Waals surface area contributed by atoms with E-state index in [0.29, 0.717) is 18.1 Å². The molecule has 3 aromatic rings. The fraction of sp³-hybridized carbons (Fsp3) is 0.423. The number of hydrogen-bond donors (Lipinski definition) is 1.